The molecular weight excluding hydrogens is 196 g/mol. The fourth-order valence-electron chi connectivity index (χ4n) is 1.72. The molecule has 2 rings (SSSR count). The summed E-state index contributed by atoms with van der Waals surface area (Å²) >= 11 is 1.74. The highest BCUT2D eigenvalue weighted by Crippen LogP contribution is 2.13. The van der Waals surface area contributed by atoms with Crippen molar-refractivity contribution in [2.75, 3.05) is 13.1 Å². The summed E-state index contributed by atoms with van der Waals surface area (Å²) in [5.41, 5.74) is 5.70. The number of nitrogens with two attached hydrogens (primary N) is 1. The molecule has 1 saturated heterocycles. The van der Waals surface area contributed by atoms with Crippen LogP contribution < -0.4 is 5.73 Å². The quantitative estimate of drug-likeness (QED) is 0.804. The fraction of sp³-hybridized carbons (Fsp3) is 0.500. The number of nitrogens with zero attached hydrogens (tertiary/aromatic N) is 1. The van der Waals surface area contributed by atoms with E-state index in [0.29, 0.717) is 6.42 Å². The van der Waals surface area contributed by atoms with Crippen molar-refractivity contribution in [3.63, 3.8) is 0 Å². The lowest BCUT2D eigenvalue weighted by Crippen LogP contribution is -2.29. The Morgan fingerprint density at radius 1 is 1.64 bits per heavy atom. The number of carbonyl (C=O) groups excluding carboxylic acids is 1. The molecule has 1 amide bonds. The Hall–Kier alpha value is -0.870. The average Bonchev–Trinajstić information content (AvgIpc) is 2.72. The molecule has 0 aromatic carbocycles. The highest BCUT2D eigenvalue weighted by Gasteiger charge is 2.26. The third kappa shape index (κ3) is 2.13. The van der Waals surface area contributed by atoms with Crippen LogP contribution in [0, 0.1) is 0 Å². The van der Waals surface area contributed by atoms with Crippen molar-refractivity contribution in [1.82, 2.24) is 4.90 Å². The maximum atomic E-state index is 11.4. The first-order valence-corrected chi connectivity index (χ1v) is 5.69. The SMILES string of the molecule is N[C@@H]1CC(=O)N(CCc2cccs2)C1. The van der Waals surface area contributed by atoms with Gasteiger partial charge in [-0.2, -0.15) is 0 Å². The molecule has 1 aromatic rings. The Kier molecular flexibility index (Phi) is 2.84. The molecule has 1 atom stereocenters. The zero-order valence-electron chi connectivity index (χ0n) is 7.98. The van der Waals surface area contributed by atoms with Crippen molar-refractivity contribution < 1.29 is 4.79 Å². The van der Waals surface area contributed by atoms with Gasteiger partial charge in [-0.25, -0.2) is 0 Å². The lowest BCUT2D eigenvalue weighted by molar-refractivity contribution is -0.127. The van der Waals surface area contributed by atoms with Crippen LogP contribution in [0.3, 0.4) is 0 Å². The van der Waals surface area contributed by atoms with E-state index in [9.17, 15) is 4.79 Å². The highest BCUT2D eigenvalue weighted by atomic mass is 32.1. The maximum Gasteiger partial charge on any atom is 0.224 e. The van der Waals surface area contributed by atoms with E-state index >= 15 is 0 Å². The van der Waals surface area contributed by atoms with Gasteiger partial charge < -0.3 is 10.6 Å². The van der Waals surface area contributed by atoms with Gasteiger partial charge in [0.2, 0.25) is 5.91 Å². The molecule has 0 unspecified atom stereocenters. The van der Waals surface area contributed by atoms with Crippen molar-refractivity contribution in [3.8, 4) is 0 Å². The van der Waals surface area contributed by atoms with Gasteiger partial charge in [-0.3, -0.25) is 4.79 Å². The number of hydrogen-bond donors (Lipinski definition) is 1. The molecule has 4 heteroatoms. The monoisotopic (exact) mass is 210 g/mol. The first-order valence-electron chi connectivity index (χ1n) is 4.81. The molecule has 76 valence electrons. The van der Waals surface area contributed by atoms with E-state index in [0.717, 1.165) is 19.5 Å². The van der Waals surface area contributed by atoms with Gasteiger partial charge >= 0.3 is 0 Å². The van der Waals surface area contributed by atoms with E-state index in [4.69, 9.17) is 5.73 Å². The van der Waals surface area contributed by atoms with Gasteiger partial charge in [0.1, 0.15) is 0 Å². The molecule has 0 radical (unpaired) electrons. The predicted octanol–water partition coefficient (Wildman–Crippen LogP) is 0.850. The van der Waals surface area contributed by atoms with Crippen LogP contribution in [0.25, 0.3) is 0 Å². The van der Waals surface area contributed by atoms with Crippen LogP contribution in [0.1, 0.15) is 11.3 Å². The number of rotatable bonds is 3. The third-order valence-electron chi connectivity index (χ3n) is 2.45. The molecule has 1 aliphatic heterocycles. The van der Waals surface area contributed by atoms with Crippen molar-refractivity contribution in [2.45, 2.75) is 18.9 Å². The van der Waals surface area contributed by atoms with Gasteiger partial charge in [-0.15, -0.1) is 11.3 Å². The maximum absolute atomic E-state index is 11.4. The topological polar surface area (TPSA) is 46.3 Å². The van der Waals surface area contributed by atoms with Crippen LogP contribution in [0.5, 0.6) is 0 Å². The summed E-state index contributed by atoms with van der Waals surface area (Å²) in [5, 5.41) is 2.06. The van der Waals surface area contributed by atoms with Gasteiger partial charge in [0, 0.05) is 30.4 Å². The van der Waals surface area contributed by atoms with Crippen LogP contribution in [0.15, 0.2) is 17.5 Å². The fourth-order valence-corrected chi connectivity index (χ4v) is 2.42. The summed E-state index contributed by atoms with van der Waals surface area (Å²) in [4.78, 5) is 14.6. The summed E-state index contributed by atoms with van der Waals surface area (Å²) < 4.78 is 0. The standard InChI is InChI=1S/C10H14N2OS/c11-8-6-10(13)12(7-8)4-3-9-2-1-5-14-9/h1-2,5,8H,3-4,6-7,11H2/t8-/m1/s1. The first kappa shape index (κ1) is 9.68. The molecule has 2 N–H and O–H groups in total. The van der Waals surface area contributed by atoms with Gasteiger partial charge in [0.15, 0.2) is 0 Å². The third-order valence-corrected chi connectivity index (χ3v) is 3.39. The van der Waals surface area contributed by atoms with E-state index in [-0.39, 0.29) is 11.9 Å². The lowest BCUT2D eigenvalue weighted by Gasteiger charge is -2.14. The molecule has 0 saturated carbocycles. The largest absolute Gasteiger partial charge is 0.341 e. The zero-order chi connectivity index (χ0) is 9.97. The summed E-state index contributed by atoms with van der Waals surface area (Å²) in [7, 11) is 0. The molecule has 0 aliphatic carbocycles. The number of thiophene rings is 1. The predicted molar refractivity (Wildman–Crippen MR) is 57.2 cm³/mol. The molecule has 1 fully saturated rings. The highest BCUT2D eigenvalue weighted by molar-refractivity contribution is 7.09. The number of likely N-dealkylation sites (tertiary alicyclic amines) is 1. The van der Waals surface area contributed by atoms with Gasteiger partial charge in [-0.05, 0) is 17.9 Å². The molecule has 1 aliphatic rings. The van der Waals surface area contributed by atoms with Crippen LogP contribution >= 0.6 is 11.3 Å². The smallest absolute Gasteiger partial charge is 0.224 e. The van der Waals surface area contributed by atoms with Crippen LogP contribution in [0.2, 0.25) is 0 Å². The lowest BCUT2D eigenvalue weighted by atomic mass is 10.3. The van der Waals surface area contributed by atoms with Gasteiger partial charge in [-0.1, -0.05) is 6.07 Å². The minimum atomic E-state index is 0.0471. The van der Waals surface area contributed by atoms with E-state index in [1.54, 1.807) is 11.3 Å². The van der Waals surface area contributed by atoms with E-state index in [1.165, 1.54) is 4.88 Å². The van der Waals surface area contributed by atoms with E-state index in [1.807, 2.05) is 11.0 Å². The average molecular weight is 210 g/mol. The Balaban J connectivity index is 1.84. The second-order valence-electron chi connectivity index (χ2n) is 3.63. The van der Waals surface area contributed by atoms with Crippen molar-refractivity contribution in [1.29, 1.82) is 0 Å². The minimum Gasteiger partial charge on any atom is -0.341 e. The Morgan fingerprint density at radius 3 is 3.07 bits per heavy atom. The van der Waals surface area contributed by atoms with Crippen LogP contribution in [0.4, 0.5) is 0 Å². The van der Waals surface area contributed by atoms with Crippen molar-refractivity contribution in [2.24, 2.45) is 5.73 Å². The second-order valence-corrected chi connectivity index (χ2v) is 4.67. The Labute approximate surface area is 87.5 Å². The number of carbonyl (C=O) groups is 1. The minimum absolute atomic E-state index is 0.0471. The van der Waals surface area contributed by atoms with Gasteiger partial charge in [0.25, 0.3) is 0 Å². The molecule has 1 aromatic heterocycles. The zero-order valence-corrected chi connectivity index (χ0v) is 8.80. The second kappa shape index (κ2) is 4.11. The van der Waals surface area contributed by atoms with Gasteiger partial charge in [0.05, 0.1) is 0 Å². The first-order chi connectivity index (χ1) is 6.75. The molecule has 14 heavy (non-hydrogen) atoms. The van der Waals surface area contributed by atoms with Crippen LogP contribution in [-0.4, -0.2) is 29.9 Å². The van der Waals surface area contributed by atoms with Crippen molar-refractivity contribution in [3.05, 3.63) is 22.4 Å². The Morgan fingerprint density at radius 2 is 2.50 bits per heavy atom. The Bertz CT molecular complexity index is 310. The summed E-state index contributed by atoms with van der Waals surface area (Å²) in [5.74, 6) is 0.203. The normalized spacial score (nSPS) is 21.9. The molecule has 0 bridgehead atoms. The number of hydrogen-bond acceptors (Lipinski definition) is 3. The number of amides is 1. The van der Waals surface area contributed by atoms with Crippen molar-refractivity contribution >= 4 is 17.2 Å². The van der Waals surface area contributed by atoms with Crippen LogP contribution in [-0.2, 0) is 11.2 Å². The summed E-state index contributed by atoms with van der Waals surface area (Å²) in [6.07, 6.45) is 1.47. The molecular formula is C10H14N2OS. The molecule has 2 heterocycles. The van der Waals surface area contributed by atoms with E-state index < -0.39 is 0 Å². The van der Waals surface area contributed by atoms with E-state index in [2.05, 4.69) is 11.4 Å². The summed E-state index contributed by atoms with van der Waals surface area (Å²) in [6, 6.07) is 4.19. The molecule has 0 spiro atoms. The molecule has 3 nitrogen and oxygen atoms in total. The summed E-state index contributed by atoms with van der Waals surface area (Å²) in [6.45, 7) is 1.54.